The lowest BCUT2D eigenvalue weighted by Crippen LogP contribution is -2.33. The van der Waals surface area contributed by atoms with Gasteiger partial charge in [0.1, 0.15) is 5.76 Å². The Morgan fingerprint density at radius 3 is 2.69 bits per heavy atom. The number of carbonyl (C=O) groups excluding carboxylic acids is 1. The Morgan fingerprint density at radius 1 is 1.08 bits per heavy atom. The fourth-order valence-corrected chi connectivity index (χ4v) is 5.17. The highest BCUT2D eigenvalue weighted by Gasteiger charge is 2.18. The topological polar surface area (TPSA) is 61.6 Å². The molecule has 1 aromatic heterocycles. The molecule has 0 aliphatic carbocycles. The Kier molecular flexibility index (Phi) is 9.54. The third kappa shape index (κ3) is 6.95. The van der Waals surface area contributed by atoms with E-state index in [4.69, 9.17) is 9.40 Å². The molecule has 1 fully saturated rings. The predicted molar refractivity (Wildman–Crippen MR) is 147 cm³/mol. The molecule has 1 aliphatic rings. The first kappa shape index (κ1) is 26.4. The molecule has 0 unspecified atom stereocenters. The van der Waals surface area contributed by atoms with E-state index < -0.39 is 0 Å². The van der Waals surface area contributed by atoms with Crippen LogP contribution in [0, 0.1) is 13.8 Å². The summed E-state index contributed by atoms with van der Waals surface area (Å²) in [4.78, 5) is 22.1. The number of fused-ring (bicyclic) bond motifs is 1. The Hall–Kier alpha value is -2.70. The van der Waals surface area contributed by atoms with Gasteiger partial charge in [-0.25, -0.2) is 4.98 Å². The molecule has 2 aromatic carbocycles. The van der Waals surface area contributed by atoms with Gasteiger partial charge < -0.3 is 14.6 Å². The van der Waals surface area contributed by atoms with Crippen LogP contribution in [0.15, 0.2) is 40.8 Å². The number of nitrogens with zero attached hydrogens (tertiary/aromatic N) is 3. The predicted octanol–water partition coefficient (Wildman–Crippen LogP) is 5.71. The van der Waals surface area contributed by atoms with Crippen LogP contribution in [-0.2, 0) is 11.3 Å². The van der Waals surface area contributed by atoms with Gasteiger partial charge in [0.2, 0.25) is 11.8 Å². The average Bonchev–Trinajstić information content (AvgIpc) is 3.25. The van der Waals surface area contributed by atoms with E-state index in [1.54, 1.807) is 0 Å². The van der Waals surface area contributed by atoms with Crippen LogP contribution in [0.3, 0.4) is 0 Å². The number of carbonyl (C=O) groups is 1. The van der Waals surface area contributed by atoms with Crippen molar-refractivity contribution in [2.75, 3.05) is 39.3 Å². The molecule has 1 saturated heterocycles. The van der Waals surface area contributed by atoms with Crippen molar-refractivity contribution in [1.82, 2.24) is 20.1 Å². The van der Waals surface area contributed by atoms with Gasteiger partial charge in [0, 0.05) is 25.1 Å². The van der Waals surface area contributed by atoms with Crippen molar-refractivity contribution >= 4 is 16.7 Å². The number of hydrogen-bond acceptors (Lipinski definition) is 5. The first-order valence-electron chi connectivity index (χ1n) is 13.7. The van der Waals surface area contributed by atoms with E-state index in [-0.39, 0.29) is 5.91 Å². The third-order valence-electron chi connectivity index (χ3n) is 7.36. The zero-order chi connectivity index (χ0) is 25.3. The fraction of sp³-hybridized carbons (Fsp3) is 0.533. The van der Waals surface area contributed by atoms with Crippen molar-refractivity contribution in [3.05, 3.63) is 53.4 Å². The number of likely N-dealkylation sites (tertiary alicyclic amines) is 1. The SMILES string of the molecule is CCN(CCCC(=O)NCCCN1CCCCC1)Cc1nc(-c2c(C)ccc3ccccc23)oc1C. The molecule has 2 heterocycles. The molecule has 36 heavy (non-hydrogen) atoms. The molecular formula is C30H42N4O2. The Labute approximate surface area is 216 Å². The van der Waals surface area contributed by atoms with E-state index in [1.165, 1.54) is 43.1 Å². The number of aromatic nitrogens is 1. The maximum Gasteiger partial charge on any atom is 0.227 e. The van der Waals surface area contributed by atoms with Crippen LogP contribution in [0.1, 0.15) is 62.5 Å². The summed E-state index contributed by atoms with van der Waals surface area (Å²) >= 11 is 0. The zero-order valence-corrected chi connectivity index (χ0v) is 22.3. The maximum absolute atomic E-state index is 12.3. The van der Waals surface area contributed by atoms with E-state index in [9.17, 15) is 4.79 Å². The van der Waals surface area contributed by atoms with Gasteiger partial charge in [-0.05, 0) is 88.6 Å². The molecule has 0 saturated carbocycles. The van der Waals surface area contributed by atoms with E-state index in [0.29, 0.717) is 12.3 Å². The Morgan fingerprint density at radius 2 is 1.89 bits per heavy atom. The molecule has 1 aliphatic heterocycles. The highest BCUT2D eigenvalue weighted by molar-refractivity contribution is 5.96. The highest BCUT2D eigenvalue weighted by Crippen LogP contribution is 2.32. The summed E-state index contributed by atoms with van der Waals surface area (Å²) < 4.78 is 6.17. The number of benzene rings is 2. The quantitative estimate of drug-likeness (QED) is 0.330. The Bertz CT molecular complexity index is 1130. The summed E-state index contributed by atoms with van der Waals surface area (Å²) in [5.41, 5.74) is 3.21. The van der Waals surface area contributed by atoms with Crippen LogP contribution in [0.5, 0.6) is 0 Å². The van der Waals surface area contributed by atoms with Crippen LogP contribution in [0.2, 0.25) is 0 Å². The number of hydrogen-bond donors (Lipinski definition) is 1. The van der Waals surface area contributed by atoms with E-state index in [1.807, 2.05) is 6.92 Å². The lowest BCUT2D eigenvalue weighted by molar-refractivity contribution is -0.121. The summed E-state index contributed by atoms with van der Waals surface area (Å²) in [5, 5.41) is 5.46. The molecule has 0 radical (unpaired) electrons. The number of rotatable bonds is 12. The summed E-state index contributed by atoms with van der Waals surface area (Å²) in [5.74, 6) is 1.72. The van der Waals surface area contributed by atoms with Crippen molar-refractivity contribution in [2.24, 2.45) is 0 Å². The van der Waals surface area contributed by atoms with Crippen molar-refractivity contribution in [3.8, 4) is 11.5 Å². The van der Waals surface area contributed by atoms with Gasteiger partial charge in [-0.1, -0.05) is 49.7 Å². The lowest BCUT2D eigenvalue weighted by Gasteiger charge is -2.26. The summed E-state index contributed by atoms with van der Waals surface area (Å²) in [7, 11) is 0. The van der Waals surface area contributed by atoms with Gasteiger partial charge in [-0.3, -0.25) is 9.69 Å². The normalized spacial score (nSPS) is 14.6. The second-order valence-electron chi connectivity index (χ2n) is 10.1. The van der Waals surface area contributed by atoms with Crippen molar-refractivity contribution in [1.29, 1.82) is 0 Å². The van der Waals surface area contributed by atoms with E-state index in [0.717, 1.165) is 68.1 Å². The van der Waals surface area contributed by atoms with Gasteiger partial charge in [0.15, 0.2) is 0 Å². The molecule has 0 spiro atoms. The largest absolute Gasteiger partial charge is 0.441 e. The second kappa shape index (κ2) is 13.0. The smallest absolute Gasteiger partial charge is 0.227 e. The monoisotopic (exact) mass is 490 g/mol. The molecule has 0 atom stereocenters. The minimum absolute atomic E-state index is 0.163. The van der Waals surface area contributed by atoms with Gasteiger partial charge in [-0.15, -0.1) is 0 Å². The summed E-state index contributed by atoms with van der Waals surface area (Å²) in [6.07, 6.45) is 6.45. The Balaban J connectivity index is 1.26. The third-order valence-corrected chi connectivity index (χ3v) is 7.36. The van der Waals surface area contributed by atoms with Crippen LogP contribution >= 0.6 is 0 Å². The number of amides is 1. The van der Waals surface area contributed by atoms with Gasteiger partial charge >= 0.3 is 0 Å². The zero-order valence-electron chi connectivity index (χ0n) is 22.3. The van der Waals surface area contributed by atoms with E-state index >= 15 is 0 Å². The van der Waals surface area contributed by atoms with Gasteiger partial charge in [0.25, 0.3) is 0 Å². The highest BCUT2D eigenvalue weighted by atomic mass is 16.4. The molecule has 0 bridgehead atoms. The molecule has 6 nitrogen and oxygen atoms in total. The number of oxazole rings is 1. The van der Waals surface area contributed by atoms with Crippen molar-refractivity contribution in [2.45, 2.75) is 65.8 Å². The molecule has 4 rings (SSSR count). The maximum atomic E-state index is 12.3. The van der Waals surface area contributed by atoms with Crippen LogP contribution in [0.4, 0.5) is 0 Å². The molecule has 194 valence electrons. The van der Waals surface area contributed by atoms with Gasteiger partial charge in [0.05, 0.1) is 5.69 Å². The van der Waals surface area contributed by atoms with Gasteiger partial charge in [-0.2, -0.15) is 0 Å². The van der Waals surface area contributed by atoms with Crippen LogP contribution < -0.4 is 5.32 Å². The molecule has 6 heteroatoms. The first-order valence-corrected chi connectivity index (χ1v) is 13.7. The number of aryl methyl sites for hydroxylation is 2. The summed E-state index contributed by atoms with van der Waals surface area (Å²) in [6, 6.07) is 12.7. The molecule has 1 N–H and O–H groups in total. The fourth-order valence-electron chi connectivity index (χ4n) is 5.17. The summed E-state index contributed by atoms with van der Waals surface area (Å²) in [6.45, 7) is 13.1. The first-order chi connectivity index (χ1) is 17.5. The minimum atomic E-state index is 0.163. The second-order valence-corrected chi connectivity index (χ2v) is 10.1. The number of piperidine rings is 1. The van der Waals surface area contributed by atoms with Crippen LogP contribution in [0.25, 0.3) is 22.2 Å². The lowest BCUT2D eigenvalue weighted by atomic mass is 10.00. The average molecular weight is 491 g/mol. The van der Waals surface area contributed by atoms with Crippen LogP contribution in [-0.4, -0.2) is 60.0 Å². The standard InChI is InChI=1S/C30H42N4O2/c1-4-33(20-10-14-28(35)31-17-11-21-34-18-8-5-9-19-34)22-27-24(3)36-30(32-27)29-23(2)15-16-25-12-6-7-13-26(25)29/h6-7,12-13,15-16H,4-5,8-11,14,17-22H2,1-3H3,(H,31,35). The van der Waals surface area contributed by atoms with Crippen molar-refractivity contribution in [3.63, 3.8) is 0 Å². The van der Waals surface area contributed by atoms with Crippen molar-refractivity contribution < 1.29 is 9.21 Å². The molecular weight excluding hydrogens is 448 g/mol. The van der Waals surface area contributed by atoms with E-state index in [2.05, 4.69) is 65.4 Å². The molecule has 1 amide bonds. The minimum Gasteiger partial charge on any atom is -0.441 e. The molecule has 3 aromatic rings. The number of nitrogens with one attached hydrogen (secondary N) is 1.